The van der Waals surface area contributed by atoms with Crippen molar-refractivity contribution in [3.05, 3.63) is 29.3 Å². The molecule has 24 heavy (non-hydrogen) atoms. The van der Waals surface area contributed by atoms with Gasteiger partial charge in [0.2, 0.25) is 11.9 Å². The minimum atomic E-state index is -1.59. The van der Waals surface area contributed by atoms with Crippen molar-refractivity contribution in [3.63, 3.8) is 0 Å². The molecule has 7 nitrogen and oxygen atoms in total. The van der Waals surface area contributed by atoms with E-state index in [2.05, 4.69) is 9.98 Å². The smallest absolute Gasteiger partial charge is 0.340 e. The summed E-state index contributed by atoms with van der Waals surface area (Å²) in [6.45, 7) is 0. The molecule has 3 rings (SSSR count). The zero-order valence-electron chi connectivity index (χ0n) is 12.8. The number of guanidine groups is 2. The fourth-order valence-corrected chi connectivity index (χ4v) is 3.40. The highest BCUT2D eigenvalue weighted by atomic mass is 19.2. The second-order valence-electron chi connectivity index (χ2n) is 5.88. The van der Waals surface area contributed by atoms with Gasteiger partial charge in [0.25, 0.3) is 0 Å². The van der Waals surface area contributed by atoms with Gasteiger partial charge in [-0.3, -0.25) is 4.90 Å². The largest absolute Gasteiger partial charge is 0.478 e. The standard InChI is InChI=1S/C15H17F2N5O2/c16-8-4-5-9(10(11(8)17)12(23)24)22-14(19)20-13(18)21-15(22)6-2-1-3-7-15/h4-5H,1-3,6-7H2,(H,23,24)(H4,18,19,20,21). The zero-order chi connectivity index (χ0) is 17.5. The SMILES string of the molecule is NC1=NC2(CCCCC2)N(c2ccc(F)c(F)c2C(=O)O)C(N)=N1. The van der Waals surface area contributed by atoms with Crippen LogP contribution in [0.1, 0.15) is 42.5 Å². The molecule has 1 saturated carbocycles. The molecule has 1 aliphatic heterocycles. The van der Waals surface area contributed by atoms with Gasteiger partial charge in [0.15, 0.2) is 11.6 Å². The number of rotatable bonds is 2. The molecule has 1 spiro atoms. The maximum Gasteiger partial charge on any atom is 0.340 e. The van der Waals surface area contributed by atoms with Crippen LogP contribution in [0.25, 0.3) is 0 Å². The van der Waals surface area contributed by atoms with Gasteiger partial charge in [0.1, 0.15) is 11.2 Å². The first-order valence-corrected chi connectivity index (χ1v) is 7.57. The van der Waals surface area contributed by atoms with Gasteiger partial charge in [-0.1, -0.05) is 6.42 Å². The molecule has 5 N–H and O–H groups in total. The van der Waals surface area contributed by atoms with Gasteiger partial charge in [-0.15, -0.1) is 0 Å². The van der Waals surface area contributed by atoms with Crippen LogP contribution in [0.3, 0.4) is 0 Å². The Balaban J connectivity index is 2.21. The van der Waals surface area contributed by atoms with Crippen LogP contribution in [-0.4, -0.2) is 28.7 Å². The number of halogens is 2. The van der Waals surface area contributed by atoms with E-state index in [1.165, 1.54) is 11.0 Å². The molecule has 2 aliphatic rings. The maximum absolute atomic E-state index is 14.1. The van der Waals surface area contributed by atoms with Crippen molar-refractivity contribution >= 4 is 23.6 Å². The second kappa shape index (κ2) is 5.73. The van der Waals surface area contributed by atoms with E-state index in [1.807, 2.05) is 0 Å². The van der Waals surface area contributed by atoms with Crippen molar-refractivity contribution in [1.29, 1.82) is 0 Å². The van der Waals surface area contributed by atoms with Gasteiger partial charge in [-0.25, -0.2) is 18.6 Å². The van der Waals surface area contributed by atoms with E-state index in [0.29, 0.717) is 12.8 Å². The van der Waals surface area contributed by atoms with E-state index in [-0.39, 0.29) is 17.6 Å². The fourth-order valence-electron chi connectivity index (χ4n) is 3.40. The summed E-state index contributed by atoms with van der Waals surface area (Å²) in [7, 11) is 0. The average molecular weight is 337 g/mol. The molecule has 0 aromatic heterocycles. The number of nitrogens with zero attached hydrogens (tertiary/aromatic N) is 3. The lowest BCUT2D eigenvalue weighted by atomic mass is 9.87. The van der Waals surface area contributed by atoms with Crippen molar-refractivity contribution in [3.8, 4) is 0 Å². The van der Waals surface area contributed by atoms with Gasteiger partial charge in [0.05, 0.1) is 5.69 Å². The molecule has 0 bridgehead atoms. The Hall–Kier alpha value is -2.71. The molecule has 1 aliphatic carbocycles. The van der Waals surface area contributed by atoms with E-state index in [1.54, 1.807) is 0 Å². The lowest BCUT2D eigenvalue weighted by molar-refractivity contribution is 0.0691. The number of aromatic carboxylic acids is 1. The van der Waals surface area contributed by atoms with E-state index < -0.39 is 28.8 Å². The molecule has 128 valence electrons. The third kappa shape index (κ3) is 2.45. The van der Waals surface area contributed by atoms with Gasteiger partial charge in [-0.2, -0.15) is 4.99 Å². The molecule has 1 aromatic rings. The topological polar surface area (TPSA) is 117 Å². The van der Waals surface area contributed by atoms with Crippen LogP contribution in [0, 0.1) is 11.6 Å². The summed E-state index contributed by atoms with van der Waals surface area (Å²) >= 11 is 0. The summed E-state index contributed by atoms with van der Waals surface area (Å²) < 4.78 is 27.6. The first kappa shape index (κ1) is 16.2. The summed E-state index contributed by atoms with van der Waals surface area (Å²) in [5.74, 6) is -4.38. The van der Waals surface area contributed by atoms with E-state index in [0.717, 1.165) is 25.3 Å². The van der Waals surface area contributed by atoms with Crippen LogP contribution in [0.2, 0.25) is 0 Å². The number of hydrogen-bond donors (Lipinski definition) is 3. The number of carboxylic acids is 1. The van der Waals surface area contributed by atoms with Gasteiger partial charge >= 0.3 is 5.97 Å². The predicted octanol–water partition coefficient (Wildman–Crippen LogP) is 1.77. The highest BCUT2D eigenvalue weighted by Gasteiger charge is 2.44. The minimum Gasteiger partial charge on any atom is -0.478 e. The third-order valence-corrected chi connectivity index (χ3v) is 4.38. The van der Waals surface area contributed by atoms with Gasteiger partial charge in [0, 0.05) is 0 Å². The Morgan fingerprint density at radius 2 is 1.88 bits per heavy atom. The fraction of sp³-hybridized carbons (Fsp3) is 0.400. The number of aliphatic imine (C=N–C) groups is 2. The molecular weight excluding hydrogens is 320 g/mol. The monoisotopic (exact) mass is 337 g/mol. The molecule has 1 heterocycles. The number of carbonyl (C=O) groups is 1. The summed E-state index contributed by atoms with van der Waals surface area (Å²) in [6, 6.07) is 2.04. The molecule has 1 aromatic carbocycles. The van der Waals surface area contributed by atoms with Crippen molar-refractivity contribution in [1.82, 2.24) is 0 Å². The zero-order valence-corrected chi connectivity index (χ0v) is 12.8. The highest BCUT2D eigenvalue weighted by Crippen LogP contribution is 2.41. The normalized spacial score (nSPS) is 19.8. The molecule has 9 heteroatoms. The number of benzene rings is 1. The lowest BCUT2D eigenvalue weighted by Crippen LogP contribution is -2.58. The quantitative estimate of drug-likeness (QED) is 0.760. The number of carboxylic acid groups (broad SMARTS) is 1. The van der Waals surface area contributed by atoms with E-state index in [4.69, 9.17) is 11.5 Å². The molecule has 0 unspecified atom stereocenters. The summed E-state index contributed by atoms with van der Waals surface area (Å²) in [5.41, 5.74) is 9.89. The molecule has 1 fully saturated rings. The second-order valence-corrected chi connectivity index (χ2v) is 5.88. The Kier molecular flexibility index (Phi) is 3.86. The van der Waals surface area contributed by atoms with Crippen molar-refractivity contribution < 1.29 is 18.7 Å². The Morgan fingerprint density at radius 1 is 1.21 bits per heavy atom. The molecule has 0 atom stereocenters. The third-order valence-electron chi connectivity index (χ3n) is 4.38. The van der Waals surface area contributed by atoms with Crippen LogP contribution < -0.4 is 16.4 Å². The van der Waals surface area contributed by atoms with Gasteiger partial charge < -0.3 is 16.6 Å². The van der Waals surface area contributed by atoms with Crippen LogP contribution in [0.15, 0.2) is 22.1 Å². The van der Waals surface area contributed by atoms with Crippen LogP contribution in [-0.2, 0) is 0 Å². The number of anilines is 1. The molecule has 0 radical (unpaired) electrons. The van der Waals surface area contributed by atoms with E-state index in [9.17, 15) is 18.7 Å². The predicted molar refractivity (Wildman–Crippen MR) is 84.9 cm³/mol. The number of nitrogens with two attached hydrogens (primary N) is 2. The summed E-state index contributed by atoms with van der Waals surface area (Å²) in [4.78, 5) is 21.1. The Morgan fingerprint density at radius 3 is 2.50 bits per heavy atom. The van der Waals surface area contributed by atoms with Crippen LogP contribution in [0.5, 0.6) is 0 Å². The Labute approximate surface area is 136 Å². The van der Waals surface area contributed by atoms with Crippen molar-refractivity contribution in [2.24, 2.45) is 21.5 Å². The number of hydrogen-bond acceptors (Lipinski definition) is 6. The lowest BCUT2D eigenvalue weighted by Gasteiger charge is -2.46. The highest BCUT2D eigenvalue weighted by molar-refractivity contribution is 6.08. The Bertz CT molecular complexity index is 756. The molecule has 0 amide bonds. The average Bonchev–Trinajstić information content (AvgIpc) is 2.50. The molecular formula is C15H17F2N5O2. The maximum atomic E-state index is 14.1. The van der Waals surface area contributed by atoms with Crippen molar-refractivity contribution in [2.75, 3.05) is 4.90 Å². The van der Waals surface area contributed by atoms with Gasteiger partial charge in [-0.05, 0) is 37.8 Å². The van der Waals surface area contributed by atoms with Crippen LogP contribution >= 0.6 is 0 Å². The minimum absolute atomic E-state index is 0.00916. The van der Waals surface area contributed by atoms with Crippen LogP contribution in [0.4, 0.5) is 14.5 Å². The first-order chi connectivity index (χ1) is 11.4. The summed E-state index contributed by atoms with van der Waals surface area (Å²) in [6.07, 6.45) is 3.76. The summed E-state index contributed by atoms with van der Waals surface area (Å²) in [5, 5.41) is 9.35. The van der Waals surface area contributed by atoms with Crippen molar-refractivity contribution in [2.45, 2.75) is 37.8 Å². The molecule has 0 saturated heterocycles. The van der Waals surface area contributed by atoms with E-state index >= 15 is 0 Å². The first-order valence-electron chi connectivity index (χ1n) is 7.57.